The van der Waals surface area contributed by atoms with E-state index in [1.165, 1.54) is 11.3 Å². The number of carbonyl (C=O) groups excluding carboxylic acids is 1. The minimum atomic E-state index is 0.0529. The number of carbonyl (C=O) groups is 1. The van der Waals surface area contributed by atoms with Crippen LogP contribution in [0.15, 0.2) is 42.6 Å². The zero-order valence-electron chi connectivity index (χ0n) is 10.3. The molecule has 18 heavy (non-hydrogen) atoms. The van der Waals surface area contributed by atoms with Crippen LogP contribution in [-0.4, -0.2) is 17.7 Å². The molecule has 1 aliphatic rings. The van der Waals surface area contributed by atoms with Crippen LogP contribution in [0.3, 0.4) is 0 Å². The number of benzene rings is 1. The van der Waals surface area contributed by atoms with Gasteiger partial charge in [0.15, 0.2) is 5.81 Å². The number of aromatic nitrogens is 1. The van der Waals surface area contributed by atoms with Crippen LogP contribution in [0.4, 0.5) is 10.5 Å². The summed E-state index contributed by atoms with van der Waals surface area (Å²) in [5.74, 6) is 0.0529. The molecular weight excluding hydrogens is 223 g/mol. The molecule has 1 amide bonds. The van der Waals surface area contributed by atoms with Crippen LogP contribution in [0, 0.1) is 0 Å². The fraction of sp³-hybridized carbons (Fsp3) is 0.214. The molecular formula is C14H14BN2O. The Kier molecular flexibility index (Phi) is 2.71. The number of nitrogens with zero attached hydrogens (tertiary/aromatic N) is 2. The lowest BCUT2D eigenvalue weighted by Gasteiger charge is -2.22. The van der Waals surface area contributed by atoms with Crippen LogP contribution in [0.2, 0.25) is 6.82 Å². The number of rotatable bonds is 1. The second-order valence-corrected chi connectivity index (χ2v) is 4.47. The van der Waals surface area contributed by atoms with Crippen molar-refractivity contribution < 1.29 is 4.79 Å². The maximum Gasteiger partial charge on any atom is 0.230 e. The molecule has 3 rings (SSSR count). The SMILES string of the molecule is C[B]C(=O)N1Cc2cccn2Cc2ccccc21. The largest absolute Gasteiger partial charge is 0.345 e. The molecule has 0 atom stereocenters. The molecule has 0 aliphatic carbocycles. The van der Waals surface area contributed by atoms with Gasteiger partial charge in [0, 0.05) is 24.1 Å². The summed E-state index contributed by atoms with van der Waals surface area (Å²) in [4.78, 5) is 13.9. The lowest BCUT2D eigenvalue weighted by atomic mass is 9.80. The van der Waals surface area contributed by atoms with Gasteiger partial charge in [0.25, 0.3) is 0 Å². The van der Waals surface area contributed by atoms with E-state index in [1.54, 1.807) is 14.1 Å². The third-order valence-corrected chi connectivity index (χ3v) is 3.38. The highest BCUT2D eigenvalue weighted by Gasteiger charge is 2.22. The van der Waals surface area contributed by atoms with E-state index in [9.17, 15) is 4.79 Å². The highest BCUT2D eigenvalue weighted by molar-refractivity contribution is 6.74. The van der Waals surface area contributed by atoms with Gasteiger partial charge in [0.1, 0.15) is 0 Å². The molecule has 2 aromatic rings. The summed E-state index contributed by atoms with van der Waals surface area (Å²) >= 11 is 0. The number of hydrogen-bond donors (Lipinski definition) is 0. The van der Waals surface area contributed by atoms with Crippen molar-refractivity contribution in [2.24, 2.45) is 0 Å². The molecule has 0 saturated heterocycles. The highest BCUT2D eigenvalue weighted by Crippen LogP contribution is 2.27. The average molecular weight is 237 g/mol. The molecule has 0 N–H and O–H groups in total. The number of hydrogen-bond acceptors (Lipinski definition) is 1. The first kappa shape index (κ1) is 11.1. The fourth-order valence-corrected chi connectivity index (χ4v) is 2.44. The van der Waals surface area contributed by atoms with Crippen molar-refractivity contribution >= 4 is 18.8 Å². The summed E-state index contributed by atoms with van der Waals surface area (Å²) in [6.45, 7) is 3.24. The van der Waals surface area contributed by atoms with Crippen molar-refractivity contribution in [1.29, 1.82) is 0 Å². The summed E-state index contributed by atoms with van der Waals surface area (Å²) in [7, 11) is 1.62. The quantitative estimate of drug-likeness (QED) is 0.700. The van der Waals surface area contributed by atoms with E-state index in [0.717, 1.165) is 12.2 Å². The molecule has 1 radical (unpaired) electrons. The van der Waals surface area contributed by atoms with E-state index < -0.39 is 0 Å². The molecule has 1 aromatic carbocycles. The molecule has 0 unspecified atom stereocenters. The van der Waals surface area contributed by atoms with Gasteiger partial charge in [-0.3, -0.25) is 4.79 Å². The summed E-state index contributed by atoms with van der Waals surface area (Å²) in [5.41, 5.74) is 3.37. The summed E-state index contributed by atoms with van der Waals surface area (Å²) < 4.78 is 2.20. The summed E-state index contributed by atoms with van der Waals surface area (Å²) in [6, 6.07) is 12.2. The number of amides is 1. The zero-order valence-corrected chi connectivity index (χ0v) is 10.3. The van der Waals surface area contributed by atoms with Crippen LogP contribution in [0.5, 0.6) is 0 Å². The Morgan fingerprint density at radius 1 is 1.17 bits per heavy atom. The van der Waals surface area contributed by atoms with E-state index in [0.29, 0.717) is 6.54 Å². The molecule has 2 heterocycles. The second kappa shape index (κ2) is 4.37. The van der Waals surface area contributed by atoms with Gasteiger partial charge in [0.2, 0.25) is 7.28 Å². The Morgan fingerprint density at radius 3 is 2.83 bits per heavy atom. The number of para-hydroxylation sites is 1. The van der Waals surface area contributed by atoms with Crippen molar-refractivity contribution in [2.75, 3.05) is 4.90 Å². The Balaban J connectivity index is 2.12. The molecule has 4 heteroatoms. The first-order valence-electron chi connectivity index (χ1n) is 6.12. The molecule has 89 valence electrons. The van der Waals surface area contributed by atoms with Crippen molar-refractivity contribution in [3.05, 3.63) is 53.9 Å². The summed E-state index contributed by atoms with van der Waals surface area (Å²) in [5, 5.41) is 0. The Hall–Kier alpha value is -1.97. The third kappa shape index (κ3) is 1.74. The topological polar surface area (TPSA) is 25.2 Å². The maximum atomic E-state index is 12.1. The van der Waals surface area contributed by atoms with Gasteiger partial charge in [-0.2, -0.15) is 0 Å². The van der Waals surface area contributed by atoms with E-state index >= 15 is 0 Å². The third-order valence-electron chi connectivity index (χ3n) is 3.38. The monoisotopic (exact) mass is 237 g/mol. The molecule has 0 bridgehead atoms. The number of fused-ring (bicyclic) bond motifs is 2. The van der Waals surface area contributed by atoms with Gasteiger partial charge in [-0.15, -0.1) is 0 Å². The van der Waals surface area contributed by atoms with Gasteiger partial charge in [-0.05, 0) is 23.8 Å². The lowest BCUT2D eigenvalue weighted by molar-refractivity contribution is 0.263. The van der Waals surface area contributed by atoms with Crippen LogP contribution in [0.1, 0.15) is 11.3 Å². The maximum absolute atomic E-state index is 12.1. The van der Waals surface area contributed by atoms with Gasteiger partial charge in [-0.25, -0.2) is 0 Å². The minimum absolute atomic E-state index is 0.0529. The van der Waals surface area contributed by atoms with Crippen molar-refractivity contribution in [3.8, 4) is 0 Å². The lowest BCUT2D eigenvalue weighted by Crippen LogP contribution is -2.32. The number of anilines is 1. The predicted octanol–water partition coefficient (Wildman–Crippen LogP) is 2.73. The molecule has 0 saturated carbocycles. The van der Waals surface area contributed by atoms with Gasteiger partial charge < -0.3 is 9.47 Å². The van der Waals surface area contributed by atoms with Gasteiger partial charge >= 0.3 is 0 Å². The Labute approximate surface area is 107 Å². The van der Waals surface area contributed by atoms with Crippen molar-refractivity contribution in [1.82, 2.24) is 4.57 Å². The van der Waals surface area contributed by atoms with Crippen LogP contribution in [0.25, 0.3) is 0 Å². The van der Waals surface area contributed by atoms with E-state index in [4.69, 9.17) is 0 Å². The second-order valence-electron chi connectivity index (χ2n) is 4.47. The van der Waals surface area contributed by atoms with Gasteiger partial charge in [0.05, 0.1) is 6.54 Å². The Morgan fingerprint density at radius 2 is 2.00 bits per heavy atom. The predicted molar refractivity (Wildman–Crippen MR) is 73.2 cm³/mol. The normalized spacial score (nSPS) is 13.5. The molecule has 3 nitrogen and oxygen atoms in total. The summed E-state index contributed by atoms with van der Waals surface area (Å²) in [6.07, 6.45) is 2.07. The van der Waals surface area contributed by atoms with E-state index in [-0.39, 0.29) is 5.81 Å². The van der Waals surface area contributed by atoms with Crippen LogP contribution < -0.4 is 4.90 Å². The first-order chi connectivity index (χ1) is 8.79. The van der Waals surface area contributed by atoms with Gasteiger partial charge in [-0.1, -0.05) is 25.0 Å². The van der Waals surface area contributed by atoms with Crippen molar-refractivity contribution in [3.63, 3.8) is 0 Å². The van der Waals surface area contributed by atoms with E-state index in [2.05, 4.69) is 22.9 Å². The van der Waals surface area contributed by atoms with Crippen LogP contribution >= 0.6 is 0 Å². The smallest absolute Gasteiger partial charge is 0.230 e. The molecule has 0 fully saturated rings. The zero-order chi connectivity index (χ0) is 12.5. The Bertz CT molecular complexity index is 591. The standard InChI is InChI=1S/C14H14BN2O/c1-15-14(18)17-10-12-6-4-8-16(12)9-11-5-2-3-7-13(11)17/h2-8H,9-10H2,1H3. The minimum Gasteiger partial charge on any atom is -0.345 e. The van der Waals surface area contributed by atoms with Crippen LogP contribution in [-0.2, 0) is 13.1 Å². The average Bonchev–Trinajstić information content (AvgIpc) is 2.77. The molecule has 1 aliphatic heterocycles. The fourth-order valence-electron chi connectivity index (χ4n) is 2.44. The first-order valence-corrected chi connectivity index (χ1v) is 6.12. The van der Waals surface area contributed by atoms with E-state index in [1.807, 2.05) is 29.2 Å². The molecule has 0 spiro atoms. The highest BCUT2D eigenvalue weighted by atomic mass is 16.2. The molecule has 1 aromatic heterocycles. The van der Waals surface area contributed by atoms with Crippen molar-refractivity contribution in [2.45, 2.75) is 19.9 Å².